The van der Waals surface area contributed by atoms with Gasteiger partial charge in [-0.2, -0.15) is 0 Å². The molecule has 0 aliphatic carbocycles. The van der Waals surface area contributed by atoms with Crippen LogP contribution >= 0.6 is 0 Å². The fourth-order valence-corrected chi connectivity index (χ4v) is 4.79. The van der Waals surface area contributed by atoms with E-state index in [1.165, 1.54) is 15.9 Å². The van der Waals surface area contributed by atoms with E-state index in [0.29, 0.717) is 42.4 Å². The van der Waals surface area contributed by atoms with Crippen LogP contribution in [0.25, 0.3) is 0 Å². The number of carbonyl (C=O) groups excluding carboxylic acids is 3. The van der Waals surface area contributed by atoms with Crippen molar-refractivity contribution < 1.29 is 28.6 Å². The molecule has 1 fully saturated rings. The number of likely N-dealkylation sites (tertiary alicyclic amines) is 1. The molecule has 1 aromatic heterocycles. The van der Waals surface area contributed by atoms with Crippen molar-refractivity contribution in [2.24, 2.45) is 0 Å². The number of aromatic nitrogens is 4. The summed E-state index contributed by atoms with van der Waals surface area (Å²) in [6.45, 7) is 3.07. The number of amides is 3. The van der Waals surface area contributed by atoms with Crippen LogP contribution in [0.1, 0.15) is 29.3 Å². The van der Waals surface area contributed by atoms with Crippen molar-refractivity contribution in [2.75, 3.05) is 33.3 Å². The topological polar surface area (TPSA) is 141 Å². The van der Waals surface area contributed by atoms with Crippen LogP contribution in [-0.2, 0) is 27.5 Å². The predicted molar refractivity (Wildman–Crippen MR) is 141 cm³/mol. The van der Waals surface area contributed by atoms with Crippen molar-refractivity contribution in [3.63, 3.8) is 0 Å². The van der Waals surface area contributed by atoms with E-state index in [9.17, 15) is 14.4 Å². The Bertz CT molecular complexity index is 1370. The number of nitrogens with zero attached hydrogens (tertiary/aromatic N) is 6. The van der Waals surface area contributed by atoms with Gasteiger partial charge in [0.15, 0.2) is 0 Å². The summed E-state index contributed by atoms with van der Waals surface area (Å²) in [6.07, 6.45) is 1.54. The maximum absolute atomic E-state index is 13.3. The predicted octanol–water partition coefficient (Wildman–Crippen LogP) is 1.25. The molecule has 3 amide bonds. The Hall–Kier alpha value is -4.52. The standard InChI is InChI=1S/C27H31N7O6/c1-3-38-21-10-19-11-22(12-21)40-20-6-4-5-18(9-20)16-39-24-7-8-33(26(36)15-34-17-28-30-31-34)13-23(24)29-25(35)14-32(2)27(19)37/h4-6,9-12,17,23-24H,3,7-8,13-16H2,1-2H3,(H,29,35)/t23-,24+/m0/s1. The Morgan fingerprint density at radius 3 is 2.85 bits per heavy atom. The number of ether oxygens (including phenoxy) is 3. The third-order valence-corrected chi connectivity index (χ3v) is 6.70. The van der Waals surface area contributed by atoms with Crippen LogP contribution in [-0.4, -0.2) is 93.2 Å². The summed E-state index contributed by atoms with van der Waals surface area (Å²) in [5.41, 5.74) is 1.21. The molecule has 210 valence electrons. The van der Waals surface area contributed by atoms with Gasteiger partial charge in [0.2, 0.25) is 11.8 Å². The van der Waals surface area contributed by atoms with Crippen LogP contribution < -0.4 is 14.8 Å². The van der Waals surface area contributed by atoms with Gasteiger partial charge in [0, 0.05) is 31.8 Å². The molecule has 0 radical (unpaired) electrons. The monoisotopic (exact) mass is 549 g/mol. The summed E-state index contributed by atoms with van der Waals surface area (Å²) < 4.78 is 19.4. The van der Waals surface area contributed by atoms with Crippen molar-refractivity contribution in [3.8, 4) is 17.2 Å². The number of piperidine rings is 1. The fourth-order valence-electron chi connectivity index (χ4n) is 4.79. The lowest BCUT2D eigenvalue weighted by atomic mass is 10.0. The minimum atomic E-state index is -0.484. The molecule has 3 heterocycles. The smallest absolute Gasteiger partial charge is 0.254 e. The van der Waals surface area contributed by atoms with Crippen molar-refractivity contribution in [3.05, 3.63) is 59.9 Å². The van der Waals surface area contributed by atoms with Crippen LogP contribution in [0.3, 0.4) is 0 Å². The number of rotatable bonds is 4. The van der Waals surface area contributed by atoms with Gasteiger partial charge in [0.1, 0.15) is 30.1 Å². The summed E-state index contributed by atoms with van der Waals surface area (Å²) in [5.74, 6) is 0.609. The second kappa shape index (κ2) is 12.1. The molecule has 13 nitrogen and oxygen atoms in total. The van der Waals surface area contributed by atoms with Crippen LogP contribution in [0.4, 0.5) is 0 Å². The molecule has 40 heavy (non-hydrogen) atoms. The third kappa shape index (κ3) is 6.54. The molecule has 2 aromatic carbocycles. The second-order valence-corrected chi connectivity index (χ2v) is 9.70. The van der Waals surface area contributed by atoms with E-state index >= 15 is 0 Å². The van der Waals surface area contributed by atoms with E-state index in [1.807, 2.05) is 31.2 Å². The number of hydrogen-bond donors (Lipinski definition) is 1. The van der Waals surface area contributed by atoms with E-state index < -0.39 is 6.04 Å². The highest BCUT2D eigenvalue weighted by Gasteiger charge is 2.34. The molecule has 1 N–H and O–H groups in total. The molecule has 5 rings (SSSR count). The summed E-state index contributed by atoms with van der Waals surface area (Å²) >= 11 is 0. The van der Waals surface area contributed by atoms with Gasteiger partial charge in [0.05, 0.1) is 31.9 Å². The lowest BCUT2D eigenvalue weighted by molar-refractivity contribution is -0.138. The number of likely N-dealkylation sites (N-methyl/N-ethyl adjacent to an activating group) is 1. The van der Waals surface area contributed by atoms with Crippen LogP contribution in [0.15, 0.2) is 48.8 Å². The van der Waals surface area contributed by atoms with Gasteiger partial charge in [0.25, 0.3) is 5.91 Å². The Balaban J connectivity index is 1.40. The van der Waals surface area contributed by atoms with Crippen molar-refractivity contribution in [1.82, 2.24) is 35.3 Å². The normalized spacial score (nSPS) is 19.9. The molecule has 0 spiro atoms. The van der Waals surface area contributed by atoms with Gasteiger partial charge in [-0.3, -0.25) is 14.4 Å². The Kier molecular flexibility index (Phi) is 8.20. The zero-order chi connectivity index (χ0) is 28.1. The minimum absolute atomic E-state index is 0.00792. The van der Waals surface area contributed by atoms with Crippen molar-refractivity contribution in [2.45, 2.75) is 38.6 Å². The molecule has 2 aliphatic rings. The number of benzene rings is 2. The second-order valence-electron chi connectivity index (χ2n) is 9.70. The van der Waals surface area contributed by atoms with Crippen LogP contribution in [0.2, 0.25) is 0 Å². The highest BCUT2D eigenvalue weighted by Crippen LogP contribution is 2.29. The number of tetrazole rings is 1. The van der Waals surface area contributed by atoms with Gasteiger partial charge >= 0.3 is 0 Å². The summed E-state index contributed by atoms with van der Waals surface area (Å²) in [7, 11) is 1.55. The maximum Gasteiger partial charge on any atom is 0.254 e. The van der Waals surface area contributed by atoms with E-state index in [0.717, 1.165) is 5.56 Å². The highest BCUT2D eigenvalue weighted by molar-refractivity contribution is 5.97. The van der Waals surface area contributed by atoms with Crippen molar-refractivity contribution in [1.29, 1.82) is 0 Å². The SMILES string of the molecule is CCOc1cc2cc(c1)C(=O)N(C)CC(=O)N[C@H]1CN(C(=O)Cn3cnnn3)CC[C@H]1OCc1cccc(c1)O2. The van der Waals surface area contributed by atoms with Crippen molar-refractivity contribution >= 4 is 17.7 Å². The zero-order valence-electron chi connectivity index (χ0n) is 22.4. The zero-order valence-corrected chi connectivity index (χ0v) is 22.4. The largest absolute Gasteiger partial charge is 0.494 e. The summed E-state index contributed by atoms with van der Waals surface area (Å²) in [5, 5.41) is 13.9. The molecular formula is C27H31N7O6. The van der Waals surface area contributed by atoms with Crippen LogP contribution in [0.5, 0.6) is 17.2 Å². The summed E-state index contributed by atoms with van der Waals surface area (Å²) in [4.78, 5) is 42.3. The fraction of sp³-hybridized carbons (Fsp3) is 0.407. The Morgan fingerprint density at radius 1 is 1.18 bits per heavy atom. The first kappa shape index (κ1) is 27.1. The molecule has 3 aromatic rings. The van der Waals surface area contributed by atoms with E-state index in [4.69, 9.17) is 14.2 Å². The van der Waals surface area contributed by atoms with Gasteiger partial charge < -0.3 is 29.3 Å². The van der Waals surface area contributed by atoms with Crippen LogP contribution in [0, 0.1) is 0 Å². The van der Waals surface area contributed by atoms with Gasteiger partial charge in [-0.15, -0.1) is 5.10 Å². The molecular weight excluding hydrogens is 518 g/mol. The Morgan fingerprint density at radius 2 is 2.05 bits per heavy atom. The molecule has 0 unspecified atom stereocenters. The lowest BCUT2D eigenvalue weighted by Gasteiger charge is -2.39. The third-order valence-electron chi connectivity index (χ3n) is 6.70. The molecule has 0 saturated carbocycles. The van der Waals surface area contributed by atoms with Gasteiger partial charge in [-0.25, -0.2) is 4.68 Å². The first-order valence-corrected chi connectivity index (χ1v) is 13.1. The van der Waals surface area contributed by atoms with E-state index in [2.05, 4.69) is 20.8 Å². The maximum atomic E-state index is 13.3. The van der Waals surface area contributed by atoms with E-state index in [-0.39, 0.29) is 50.1 Å². The highest BCUT2D eigenvalue weighted by atomic mass is 16.5. The number of hydrogen-bond acceptors (Lipinski definition) is 9. The van der Waals surface area contributed by atoms with E-state index in [1.54, 1.807) is 30.1 Å². The number of carbonyl (C=O) groups is 3. The molecule has 2 atom stereocenters. The number of nitrogens with one attached hydrogen (secondary N) is 1. The van der Waals surface area contributed by atoms with Gasteiger partial charge in [-0.05, 0) is 53.6 Å². The molecule has 2 aliphatic heterocycles. The lowest BCUT2D eigenvalue weighted by Crippen LogP contribution is -2.58. The van der Waals surface area contributed by atoms with Gasteiger partial charge in [-0.1, -0.05) is 12.1 Å². The number of fused-ring (bicyclic) bond motifs is 5. The Labute approximate surface area is 231 Å². The molecule has 13 heteroatoms. The average molecular weight is 550 g/mol. The summed E-state index contributed by atoms with van der Waals surface area (Å²) in [6, 6.07) is 12.0. The first-order chi connectivity index (χ1) is 19.4. The molecule has 4 bridgehead atoms. The first-order valence-electron chi connectivity index (χ1n) is 13.1. The minimum Gasteiger partial charge on any atom is -0.494 e. The quantitative estimate of drug-likeness (QED) is 0.509. The molecule has 1 saturated heterocycles. The average Bonchev–Trinajstić information content (AvgIpc) is 3.44.